The van der Waals surface area contributed by atoms with Crippen molar-refractivity contribution in [3.05, 3.63) is 65.2 Å². The van der Waals surface area contributed by atoms with E-state index >= 15 is 0 Å². The van der Waals surface area contributed by atoms with Crippen molar-refractivity contribution in [3.63, 3.8) is 0 Å². The lowest BCUT2D eigenvalue weighted by molar-refractivity contribution is 0.576. The Kier molecular flexibility index (Phi) is 4.56. The maximum absolute atomic E-state index is 13.1. The first-order valence-electron chi connectivity index (χ1n) is 5.95. The topological polar surface area (TPSA) is 26.0 Å². The minimum atomic E-state index is -0.592. The Morgan fingerprint density at radius 1 is 1.11 bits per heavy atom. The monoisotopic (exact) mass is 279 g/mol. The molecule has 0 bridgehead atoms. The highest BCUT2D eigenvalue weighted by atomic mass is 32.2. The second kappa shape index (κ2) is 6.17. The third kappa shape index (κ3) is 4.04. The Balaban J connectivity index is 2.03. The molecule has 4 heteroatoms. The van der Waals surface area contributed by atoms with Gasteiger partial charge in [0.05, 0.1) is 0 Å². The SMILES string of the molecule is Cc1cccc(SCC(N)c2cc(F)cc(F)c2)c1. The van der Waals surface area contributed by atoms with Crippen molar-refractivity contribution in [1.29, 1.82) is 0 Å². The van der Waals surface area contributed by atoms with Crippen LogP contribution in [0.3, 0.4) is 0 Å². The van der Waals surface area contributed by atoms with Crippen molar-refractivity contribution in [2.75, 3.05) is 5.75 Å². The van der Waals surface area contributed by atoms with Crippen molar-refractivity contribution in [2.24, 2.45) is 5.73 Å². The van der Waals surface area contributed by atoms with Gasteiger partial charge in [0.2, 0.25) is 0 Å². The lowest BCUT2D eigenvalue weighted by Crippen LogP contribution is -2.13. The molecule has 19 heavy (non-hydrogen) atoms. The zero-order valence-corrected chi connectivity index (χ0v) is 11.4. The van der Waals surface area contributed by atoms with E-state index in [1.165, 1.54) is 17.7 Å². The van der Waals surface area contributed by atoms with Gasteiger partial charge in [-0.05, 0) is 36.8 Å². The van der Waals surface area contributed by atoms with Crippen molar-refractivity contribution >= 4 is 11.8 Å². The summed E-state index contributed by atoms with van der Waals surface area (Å²) in [5.41, 5.74) is 7.62. The van der Waals surface area contributed by atoms with Gasteiger partial charge in [-0.1, -0.05) is 17.7 Å². The van der Waals surface area contributed by atoms with Gasteiger partial charge < -0.3 is 5.73 Å². The van der Waals surface area contributed by atoms with Crippen molar-refractivity contribution < 1.29 is 8.78 Å². The summed E-state index contributed by atoms with van der Waals surface area (Å²) in [4.78, 5) is 1.10. The van der Waals surface area contributed by atoms with E-state index in [2.05, 4.69) is 6.07 Å². The summed E-state index contributed by atoms with van der Waals surface area (Å²) in [7, 11) is 0. The molecule has 100 valence electrons. The van der Waals surface area contributed by atoms with Crippen LogP contribution in [0, 0.1) is 18.6 Å². The number of hydrogen-bond acceptors (Lipinski definition) is 2. The van der Waals surface area contributed by atoms with Gasteiger partial charge in [-0.3, -0.25) is 0 Å². The van der Waals surface area contributed by atoms with Gasteiger partial charge in [0.1, 0.15) is 11.6 Å². The van der Waals surface area contributed by atoms with Crippen LogP contribution < -0.4 is 5.73 Å². The van der Waals surface area contributed by atoms with Crippen LogP contribution in [-0.4, -0.2) is 5.75 Å². The van der Waals surface area contributed by atoms with Crippen LogP contribution in [0.2, 0.25) is 0 Å². The highest BCUT2D eigenvalue weighted by molar-refractivity contribution is 7.99. The molecule has 2 aromatic carbocycles. The average molecular weight is 279 g/mol. The molecule has 1 nitrogen and oxygen atoms in total. The molecular weight excluding hydrogens is 264 g/mol. The fourth-order valence-corrected chi connectivity index (χ4v) is 2.79. The molecule has 0 amide bonds. The summed E-state index contributed by atoms with van der Waals surface area (Å²) in [6.45, 7) is 2.02. The molecular formula is C15H15F2NS. The normalized spacial score (nSPS) is 12.4. The Morgan fingerprint density at radius 2 is 1.79 bits per heavy atom. The Bertz CT molecular complexity index is 552. The number of halogens is 2. The number of hydrogen-bond donors (Lipinski definition) is 1. The minimum absolute atomic E-state index is 0.393. The number of rotatable bonds is 4. The zero-order valence-electron chi connectivity index (χ0n) is 10.6. The quantitative estimate of drug-likeness (QED) is 0.854. The fourth-order valence-electron chi connectivity index (χ4n) is 1.78. The second-order valence-electron chi connectivity index (χ2n) is 4.44. The second-order valence-corrected chi connectivity index (χ2v) is 5.53. The van der Waals surface area contributed by atoms with Gasteiger partial charge in [-0.2, -0.15) is 0 Å². The zero-order chi connectivity index (χ0) is 13.8. The fraction of sp³-hybridized carbons (Fsp3) is 0.200. The largest absolute Gasteiger partial charge is 0.323 e. The van der Waals surface area contributed by atoms with E-state index in [0.29, 0.717) is 11.3 Å². The van der Waals surface area contributed by atoms with Crippen LogP contribution in [0.5, 0.6) is 0 Å². The highest BCUT2D eigenvalue weighted by Gasteiger charge is 2.10. The first-order valence-corrected chi connectivity index (χ1v) is 6.94. The van der Waals surface area contributed by atoms with E-state index in [0.717, 1.165) is 11.0 Å². The standard InChI is InChI=1S/C15H15F2NS/c1-10-3-2-4-14(5-10)19-9-15(18)11-6-12(16)8-13(17)7-11/h2-8,15H,9,18H2,1H3. The molecule has 0 aliphatic carbocycles. The molecule has 0 heterocycles. The summed E-state index contributed by atoms with van der Waals surface area (Å²) in [5.74, 6) is -0.608. The summed E-state index contributed by atoms with van der Waals surface area (Å²) in [5, 5.41) is 0. The van der Waals surface area contributed by atoms with Crippen molar-refractivity contribution in [2.45, 2.75) is 17.9 Å². The molecule has 1 unspecified atom stereocenters. The molecule has 0 saturated heterocycles. The van der Waals surface area contributed by atoms with E-state index in [1.807, 2.05) is 25.1 Å². The van der Waals surface area contributed by atoms with E-state index < -0.39 is 17.7 Å². The van der Waals surface area contributed by atoms with Gasteiger partial charge in [0, 0.05) is 22.8 Å². The van der Waals surface area contributed by atoms with Gasteiger partial charge in [0.15, 0.2) is 0 Å². The minimum Gasteiger partial charge on any atom is -0.323 e. The molecule has 2 N–H and O–H groups in total. The molecule has 0 aromatic heterocycles. The summed E-state index contributed by atoms with van der Waals surface area (Å²) in [6, 6.07) is 11.1. The third-order valence-electron chi connectivity index (χ3n) is 2.73. The van der Waals surface area contributed by atoms with E-state index in [-0.39, 0.29) is 0 Å². The average Bonchev–Trinajstić information content (AvgIpc) is 2.35. The number of nitrogens with two attached hydrogens (primary N) is 1. The van der Waals surface area contributed by atoms with Crippen LogP contribution in [-0.2, 0) is 0 Å². The number of thioether (sulfide) groups is 1. The van der Waals surface area contributed by atoms with Gasteiger partial charge in [0.25, 0.3) is 0 Å². The molecule has 0 saturated carbocycles. The maximum Gasteiger partial charge on any atom is 0.126 e. The van der Waals surface area contributed by atoms with Crippen LogP contribution >= 0.6 is 11.8 Å². The lowest BCUT2D eigenvalue weighted by Gasteiger charge is -2.12. The molecule has 1 atom stereocenters. The van der Waals surface area contributed by atoms with E-state index in [9.17, 15) is 8.78 Å². The lowest BCUT2D eigenvalue weighted by atomic mass is 10.1. The van der Waals surface area contributed by atoms with Crippen LogP contribution in [0.25, 0.3) is 0 Å². The summed E-state index contributed by atoms with van der Waals surface area (Å²) >= 11 is 1.58. The number of aryl methyl sites for hydroxylation is 1. The Labute approximate surface area is 115 Å². The van der Waals surface area contributed by atoms with Crippen LogP contribution in [0.4, 0.5) is 8.78 Å². The molecule has 0 aliphatic heterocycles. The van der Waals surface area contributed by atoms with Crippen molar-refractivity contribution in [3.8, 4) is 0 Å². The van der Waals surface area contributed by atoms with Crippen LogP contribution in [0.1, 0.15) is 17.2 Å². The molecule has 2 rings (SSSR count). The first-order chi connectivity index (χ1) is 9.04. The molecule has 0 aliphatic rings. The Hall–Kier alpha value is -1.39. The molecule has 0 fully saturated rings. The molecule has 0 spiro atoms. The predicted molar refractivity (Wildman–Crippen MR) is 75.2 cm³/mol. The van der Waals surface area contributed by atoms with Gasteiger partial charge in [-0.15, -0.1) is 11.8 Å². The summed E-state index contributed by atoms with van der Waals surface area (Å²) < 4.78 is 26.2. The maximum atomic E-state index is 13.1. The molecule has 0 radical (unpaired) electrons. The smallest absolute Gasteiger partial charge is 0.126 e. The van der Waals surface area contributed by atoms with Crippen molar-refractivity contribution in [1.82, 2.24) is 0 Å². The highest BCUT2D eigenvalue weighted by Crippen LogP contribution is 2.24. The van der Waals surface area contributed by atoms with Crippen LogP contribution in [0.15, 0.2) is 47.4 Å². The van der Waals surface area contributed by atoms with E-state index in [4.69, 9.17) is 5.73 Å². The Morgan fingerprint density at radius 3 is 2.42 bits per heavy atom. The number of benzene rings is 2. The predicted octanol–water partition coefficient (Wildman–Crippen LogP) is 4.07. The summed E-state index contributed by atoms with van der Waals surface area (Å²) in [6.07, 6.45) is 0. The van der Waals surface area contributed by atoms with Gasteiger partial charge in [-0.25, -0.2) is 8.78 Å². The third-order valence-corrected chi connectivity index (χ3v) is 3.85. The molecule has 2 aromatic rings. The van der Waals surface area contributed by atoms with Gasteiger partial charge >= 0.3 is 0 Å². The van der Waals surface area contributed by atoms with E-state index in [1.54, 1.807) is 11.8 Å². The first kappa shape index (κ1) is 14.0.